The highest BCUT2D eigenvalue weighted by molar-refractivity contribution is 6.01. The molecule has 0 spiro atoms. The summed E-state index contributed by atoms with van der Waals surface area (Å²) in [6, 6.07) is 9.64. The lowest BCUT2D eigenvalue weighted by Gasteiger charge is -2.24. The quantitative estimate of drug-likeness (QED) is 0.871. The van der Waals surface area contributed by atoms with Crippen molar-refractivity contribution in [1.82, 2.24) is 4.98 Å². The Morgan fingerprint density at radius 3 is 2.44 bits per heavy atom. The Hall–Kier alpha value is -2.69. The van der Waals surface area contributed by atoms with Gasteiger partial charge in [0.2, 0.25) is 0 Å². The molecule has 130 valence electrons. The molecule has 1 atom stereocenters. The predicted molar refractivity (Wildman–Crippen MR) is 94.3 cm³/mol. The molecule has 25 heavy (non-hydrogen) atoms. The number of esters is 1. The van der Waals surface area contributed by atoms with E-state index in [9.17, 15) is 14.4 Å². The number of fused-ring (bicyclic) bond motifs is 1. The molecule has 0 saturated carbocycles. The molecule has 0 aliphatic heterocycles. The number of pyridine rings is 1. The number of hydrogen-bond donors (Lipinski definition) is 1. The fourth-order valence-electron chi connectivity index (χ4n) is 3.28. The van der Waals surface area contributed by atoms with E-state index >= 15 is 0 Å². The molecule has 3 rings (SSSR count). The zero-order valence-corrected chi connectivity index (χ0v) is 14.6. The standard InChI is InChI=1S/C20H21NO4/c1-11(2)12-4-6-13(7-5-12)14-8-17-15(18(22)9-14)10-16(19(23)21-17)20(24)25-3/h4-7,10-11,14H,8-9H2,1-3H3,(H,21,23). The lowest BCUT2D eigenvalue weighted by molar-refractivity contribution is 0.0598. The monoisotopic (exact) mass is 339 g/mol. The zero-order chi connectivity index (χ0) is 18.1. The molecule has 5 nitrogen and oxygen atoms in total. The summed E-state index contributed by atoms with van der Waals surface area (Å²) in [6.45, 7) is 4.28. The van der Waals surface area contributed by atoms with Gasteiger partial charge in [0.25, 0.3) is 5.56 Å². The molecular weight excluding hydrogens is 318 g/mol. The molecule has 1 unspecified atom stereocenters. The first-order chi connectivity index (χ1) is 11.9. The van der Waals surface area contributed by atoms with E-state index in [4.69, 9.17) is 0 Å². The minimum atomic E-state index is -0.733. The molecule has 1 N–H and O–H groups in total. The molecule has 1 heterocycles. The van der Waals surface area contributed by atoms with Crippen molar-refractivity contribution in [3.05, 3.63) is 68.6 Å². The Balaban J connectivity index is 1.93. The second-order valence-electron chi connectivity index (χ2n) is 6.75. The van der Waals surface area contributed by atoms with Crippen LogP contribution in [0.2, 0.25) is 0 Å². The topological polar surface area (TPSA) is 76.2 Å². The van der Waals surface area contributed by atoms with Crippen molar-refractivity contribution < 1.29 is 14.3 Å². The Bertz CT molecular complexity index is 878. The summed E-state index contributed by atoms with van der Waals surface area (Å²) in [4.78, 5) is 39.0. The largest absolute Gasteiger partial charge is 0.465 e. The van der Waals surface area contributed by atoms with Crippen molar-refractivity contribution in [3.8, 4) is 0 Å². The number of aromatic nitrogens is 1. The third-order valence-electron chi connectivity index (χ3n) is 4.79. The number of aromatic amines is 1. The molecule has 1 aliphatic rings. The van der Waals surface area contributed by atoms with Crippen LogP contribution >= 0.6 is 0 Å². The van der Waals surface area contributed by atoms with Gasteiger partial charge in [0, 0.05) is 17.7 Å². The Kier molecular flexibility index (Phi) is 4.57. The van der Waals surface area contributed by atoms with E-state index in [0.29, 0.717) is 30.0 Å². The first-order valence-corrected chi connectivity index (χ1v) is 8.38. The average Bonchev–Trinajstić information content (AvgIpc) is 2.60. The maximum absolute atomic E-state index is 12.5. The van der Waals surface area contributed by atoms with Crippen LogP contribution in [0.3, 0.4) is 0 Å². The normalized spacial score (nSPS) is 16.6. The number of benzene rings is 1. The Labute approximate surface area is 146 Å². The van der Waals surface area contributed by atoms with Crippen LogP contribution in [-0.4, -0.2) is 23.8 Å². The van der Waals surface area contributed by atoms with E-state index in [2.05, 4.69) is 47.8 Å². The third kappa shape index (κ3) is 3.27. The minimum absolute atomic E-state index is 0.0286. The average molecular weight is 339 g/mol. The van der Waals surface area contributed by atoms with Gasteiger partial charge < -0.3 is 9.72 Å². The molecule has 5 heteroatoms. The highest BCUT2D eigenvalue weighted by Crippen LogP contribution is 2.32. The number of ether oxygens (including phenoxy) is 1. The van der Waals surface area contributed by atoms with Crippen LogP contribution in [-0.2, 0) is 11.2 Å². The van der Waals surface area contributed by atoms with E-state index in [1.165, 1.54) is 18.7 Å². The van der Waals surface area contributed by atoms with Crippen molar-refractivity contribution in [1.29, 1.82) is 0 Å². The molecule has 1 aromatic carbocycles. The lowest BCUT2D eigenvalue weighted by atomic mass is 9.81. The number of Topliss-reactive ketones (excluding diaryl/α,β-unsaturated/α-hetero) is 1. The van der Waals surface area contributed by atoms with Crippen LogP contribution in [0.1, 0.15) is 69.6 Å². The predicted octanol–water partition coefficient (Wildman–Crippen LogP) is 3.20. The first-order valence-electron chi connectivity index (χ1n) is 8.38. The molecule has 0 fully saturated rings. The van der Waals surface area contributed by atoms with Crippen molar-refractivity contribution in [2.24, 2.45) is 0 Å². The number of H-pyrrole nitrogens is 1. The molecule has 0 saturated heterocycles. The molecule has 1 aliphatic carbocycles. The molecule has 0 amide bonds. The fourth-order valence-corrected chi connectivity index (χ4v) is 3.28. The van der Waals surface area contributed by atoms with Crippen LogP contribution in [0.15, 0.2) is 35.1 Å². The number of ketones is 1. The van der Waals surface area contributed by atoms with E-state index in [1.807, 2.05) is 0 Å². The van der Waals surface area contributed by atoms with Gasteiger partial charge in [0.15, 0.2) is 5.78 Å². The van der Waals surface area contributed by atoms with Crippen LogP contribution in [0.5, 0.6) is 0 Å². The van der Waals surface area contributed by atoms with Crippen molar-refractivity contribution in [3.63, 3.8) is 0 Å². The SMILES string of the molecule is COC(=O)c1cc2c([nH]c1=O)CC(c1ccc(C(C)C)cc1)CC2=O. The van der Waals surface area contributed by atoms with Crippen molar-refractivity contribution in [2.75, 3.05) is 7.11 Å². The Morgan fingerprint density at radius 1 is 1.16 bits per heavy atom. The van der Waals surface area contributed by atoms with Crippen molar-refractivity contribution in [2.45, 2.75) is 38.5 Å². The smallest absolute Gasteiger partial charge is 0.343 e. The molecule has 1 aromatic heterocycles. The van der Waals surface area contributed by atoms with E-state index in [-0.39, 0.29) is 17.3 Å². The second-order valence-corrected chi connectivity index (χ2v) is 6.75. The summed E-state index contributed by atoms with van der Waals surface area (Å²) in [5.74, 6) is -0.319. The molecule has 2 aromatic rings. The number of carbonyl (C=O) groups is 2. The van der Waals surface area contributed by atoms with E-state index < -0.39 is 11.5 Å². The number of nitrogens with one attached hydrogen (secondary N) is 1. The first kappa shape index (κ1) is 17.1. The summed E-state index contributed by atoms with van der Waals surface area (Å²) in [5, 5.41) is 0. The lowest BCUT2D eigenvalue weighted by Crippen LogP contribution is -2.27. The molecule has 0 bridgehead atoms. The highest BCUT2D eigenvalue weighted by atomic mass is 16.5. The maximum Gasteiger partial charge on any atom is 0.343 e. The van der Waals surface area contributed by atoms with Gasteiger partial charge in [-0.05, 0) is 35.4 Å². The van der Waals surface area contributed by atoms with Crippen LogP contribution < -0.4 is 5.56 Å². The number of hydrogen-bond acceptors (Lipinski definition) is 4. The van der Waals surface area contributed by atoms with Gasteiger partial charge in [-0.1, -0.05) is 38.1 Å². The zero-order valence-electron chi connectivity index (χ0n) is 14.6. The summed E-state index contributed by atoms with van der Waals surface area (Å²) in [6.07, 6.45) is 0.930. The summed E-state index contributed by atoms with van der Waals surface area (Å²) >= 11 is 0. The fraction of sp³-hybridized carbons (Fsp3) is 0.350. The summed E-state index contributed by atoms with van der Waals surface area (Å²) in [7, 11) is 1.21. The summed E-state index contributed by atoms with van der Waals surface area (Å²) < 4.78 is 4.59. The van der Waals surface area contributed by atoms with E-state index in [1.54, 1.807) is 0 Å². The van der Waals surface area contributed by atoms with Gasteiger partial charge in [-0.2, -0.15) is 0 Å². The number of carbonyl (C=O) groups excluding carboxylic acids is 2. The number of rotatable bonds is 3. The van der Waals surface area contributed by atoms with Gasteiger partial charge in [-0.25, -0.2) is 4.79 Å². The maximum atomic E-state index is 12.5. The van der Waals surface area contributed by atoms with E-state index in [0.717, 1.165) is 5.56 Å². The van der Waals surface area contributed by atoms with Crippen LogP contribution in [0, 0.1) is 0 Å². The van der Waals surface area contributed by atoms with Crippen LogP contribution in [0.25, 0.3) is 0 Å². The number of methoxy groups -OCH3 is 1. The second kappa shape index (κ2) is 6.67. The van der Waals surface area contributed by atoms with Gasteiger partial charge >= 0.3 is 5.97 Å². The summed E-state index contributed by atoms with van der Waals surface area (Å²) in [5.41, 5.74) is 2.69. The Morgan fingerprint density at radius 2 is 1.84 bits per heavy atom. The van der Waals surface area contributed by atoms with Gasteiger partial charge in [0.1, 0.15) is 5.56 Å². The van der Waals surface area contributed by atoms with Crippen molar-refractivity contribution >= 4 is 11.8 Å². The minimum Gasteiger partial charge on any atom is -0.465 e. The molecular formula is C20H21NO4. The van der Waals surface area contributed by atoms with Gasteiger partial charge in [-0.15, -0.1) is 0 Å². The highest BCUT2D eigenvalue weighted by Gasteiger charge is 2.29. The molecule has 0 radical (unpaired) electrons. The van der Waals surface area contributed by atoms with Crippen LogP contribution in [0.4, 0.5) is 0 Å². The van der Waals surface area contributed by atoms with Gasteiger partial charge in [-0.3, -0.25) is 9.59 Å². The third-order valence-corrected chi connectivity index (χ3v) is 4.79. The van der Waals surface area contributed by atoms with Gasteiger partial charge in [0.05, 0.1) is 7.11 Å².